The lowest BCUT2D eigenvalue weighted by Gasteiger charge is -2.40. The minimum Gasteiger partial charge on any atom is -0.444 e. The third-order valence-corrected chi connectivity index (χ3v) is 2.60. The topological polar surface area (TPSA) is 49.8 Å². The SMILES string of the molecule is CC(O)CCC1CN(C(=O)OC(C)(C)C)C1. The van der Waals surface area contributed by atoms with Crippen LogP contribution in [0.15, 0.2) is 0 Å². The lowest BCUT2D eigenvalue weighted by molar-refractivity contribution is -0.00373. The maximum absolute atomic E-state index is 11.6. The summed E-state index contributed by atoms with van der Waals surface area (Å²) in [6, 6.07) is 0. The van der Waals surface area contributed by atoms with Gasteiger partial charge in [0.05, 0.1) is 6.10 Å². The Kier molecular flexibility index (Phi) is 4.19. The molecule has 1 unspecified atom stereocenters. The molecule has 1 fully saturated rings. The first-order chi connectivity index (χ1) is 7.28. The molecule has 0 spiro atoms. The van der Waals surface area contributed by atoms with Crippen molar-refractivity contribution in [2.24, 2.45) is 5.92 Å². The lowest BCUT2D eigenvalue weighted by atomic mass is 9.94. The number of rotatable bonds is 3. The molecular formula is C12H23NO3. The molecule has 0 saturated carbocycles. The fourth-order valence-corrected chi connectivity index (χ4v) is 1.70. The molecule has 4 nitrogen and oxygen atoms in total. The Balaban J connectivity index is 2.18. The highest BCUT2D eigenvalue weighted by molar-refractivity contribution is 5.69. The Morgan fingerprint density at radius 1 is 1.50 bits per heavy atom. The molecule has 1 heterocycles. The molecule has 1 amide bonds. The van der Waals surface area contributed by atoms with Gasteiger partial charge in [-0.05, 0) is 46.5 Å². The summed E-state index contributed by atoms with van der Waals surface area (Å²) in [6.07, 6.45) is 1.33. The summed E-state index contributed by atoms with van der Waals surface area (Å²) in [5, 5.41) is 9.14. The van der Waals surface area contributed by atoms with Crippen LogP contribution in [0, 0.1) is 5.92 Å². The van der Waals surface area contributed by atoms with E-state index in [0.717, 1.165) is 25.9 Å². The van der Waals surface area contributed by atoms with E-state index in [9.17, 15) is 4.79 Å². The average Bonchev–Trinajstić information content (AvgIpc) is 1.96. The minimum absolute atomic E-state index is 0.221. The molecule has 1 atom stereocenters. The number of aliphatic hydroxyl groups is 1. The van der Waals surface area contributed by atoms with Crippen molar-refractivity contribution >= 4 is 6.09 Å². The van der Waals surface area contributed by atoms with Crippen LogP contribution < -0.4 is 0 Å². The van der Waals surface area contributed by atoms with E-state index in [4.69, 9.17) is 9.84 Å². The van der Waals surface area contributed by atoms with E-state index in [1.807, 2.05) is 20.8 Å². The Labute approximate surface area is 97.6 Å². The van der Waals surface area contributed by atoms with Gasteiger partial charge in [-0.3, -0.25) is 0 Å². The summed E-state index contributed by atoms with van der Waals surface area (Å²) in [5.41, 5.74) is -0.415. The first-order valence-corrected chi connectivity index (χ1v) is 5.94. The van der Waals surface area contributed by atoms with Crippen molar-refractivity contribution in [2.45, 2.75) is 52.2 Å². The maximum atomic E-state index is 11.6. The van der Waals surface area contributed by atoms with Crippen LogP contribution in [0.3, 0.4) is 0 Å². The van der Waals surface area contributed by atoms with Gasteiger partial charge in [0.25, 0.3) is 0 Å². The van der Waals surface area contributed by atoms with Crippen LogP contribution >= 0.6 is 0 Å². The second kappa shape index (κ2) is 5.04. The Bertz CT molecular complexity index is 239. The van der Waals surface area contributed by atoms with E-state index in [1.54, 1.807) is 11.8 Å². The van der Waals surface area contributed by atoms with Gasteiger partial charge in [-0.1, -0.05) is 0 Å². The zero-order valence-electron chi connectivity index (χ0n) is 10.7. The second-order valence-electron chi connectivity index (χ2n) is 5.68. The summed E-state index contributed by atoms with van der Waals surface area (Å²) >= 11 is 0. The van der Waals surface area contributed by atoms with Crippen molar-refractivity contribution in [1.29, 1.82) is 0 Å². The van der Waals surface area contributed by atoms with Crippen molar-refractivity contribution in [1.82, 2.24) is 4.90 Å². The van der Waals surface area contributed by atoms with E-state index < -0.39 is 5.60 Å². The Morgan fingerprint density at radius 3 is 2.50 bits per heavy atom. The van der Waals surface area contributed by atoms with E-state index in [1.165, 1.54) is 0 Å². The third-order valence-electron chi connectivity index (χ3n) is 2.60. The monoisotopic (exact) mass is 229 g/mol. The molecule has 0 aromatic rings. The smallest absolute Gasteiger partial charge is 0.410 e. The molecule has 1 N–H and O–H groups in total. The third kappa shape index (κ3) is 4.39. The molecule has 0 bridgehead atoms. The first kappa shape index (κ1) is 13.3. The van der Waals surface area contributed by atoms with E-state index >= 15 is 0 Å². The van der Waals surface area contributed by atoms with Gasteiger partial charge in [-0.15, -0.1) is 0 Å². The Morgan fingerprint density at radius 2 is 2.06 bits per heavy atom. The maximum Gasteiger partial charge on any atom is 0.410 e. The molecule has 0 aromatic heterocycles. The fourth-order valence-electron chi connectivity index (χ4n) is 1.70. The molecule has 0 aromatic carbocycles. The largest absolute Gasteiger partial charge is 0.444 e. The molecule has 4 heteroatoms. The van der Waals surface area contributed by atoms with E-state index in [-0.39, 0.29) is 12.2 Å². The molecule has 16 heavy (non-hydrogen) atoms. The van der Waals surface area contributed by atoms with E-state index in [2.05, 4.69) is 0 Å². The molecule has 1 aliphatic heterocycles. The predicted octanol–water partition coefficient (Wildman–Crippen LogP) is 2.01. The number of amides is 1. The molecule has 1 rings (SSSR count). The Hall–Kier alpha value is -0.770. The highest BCUT2D eigenvalue weighted by Gasteiger charge is 2.33. The molecule has 1 aliphatic rings. The summed E-state index contributed by atoms with van der Waals surface area (Å²) in [6.45, 7) is 8.94. The summed E-state index contributed by atoms with van der Waals surface area (Å²) in [5.74, 6) is 0.530. The summed E-state index contributed by atoms with van der Waals surface area (Å²) < 4.78 is 5.25. The standard InChI is InChI=1S/C12H23NO3/c1-9(14)5-6-10-7-13(8-10)11(15)16-12(2,3)4/h9-10,14H,5-8H2,1-4H3. The van der Waals surface area contributed by atoms with Gasteiger partial charge < -0.3 is 14.7 Å². The van der Waals surface area contributed by atoms with Crippen LogP contribution in [0.25, 0.3) is 0 Å². The number of carbonyl (C=O) groups excluding carboxylic acids is 1. The van der Waals surface area contributed by atoms with E-state index in [0.29, 0.717) is 5.92 Å². The van der Waals surface area contributed by atoms with Gasteiger partial charge >= 0.3 is 6.09 Å². The van der Waals surface area contributed by atoms with Crippen LogP contribution in [0.1, 0.15) is 40.5 Å². The van der Waals surface area contributed by atoms with Crippen molar-refractivity contribution < 1.29 is 14.6 Å². The summed E-state index contributed by atoms with van der Waals surface area (Å²) in [4.78, 5) is 13.3. The number of likely N-dealkylation sites (tertiary alicyclic amines) is 1. The highest BCUT2D eigenvalue weighted by Crippen LogP contribution is 2.23. The quantitative estimate of drug-likeness (QED) is 0.805. The first-order valence-electron chi connectivity index (χ1n) is 5.94. The van der Waals surface area contributed by atoms with Crippen molar-refractivity contribution in [3.05, 3.63) is 0 Å². The molecule has 94 valence electrons. The van der Waals surface area contributed by atoms with Crippen molar-refractivity contribution in [3.63, 3.8) is 0 Å². The molecule has 0 aliphatic carbocycles. The number of nitrogens with zero attached hydrogens (tertiary/aromatic N) is 1. The average molecular weight is 229 g/mol. The number of carbonyl (C=O) groups is 1. The van der Waals surface area contributed by atoms with Crippen LogP contribution in [0.2, 0.25) is 0 Å². The van der Waals surface area contributed by atoms with Gasteiger partial charge in [0.1, 0.15) is 5.60 Å². The predicted molar refractivity (Wildman–Crippen MR) is 62.2 cm³/mol. The molecular weight excluding hydrogens is 206 g/mol. The van der Waals surface area contributed by atoms with Crippen LogP contribution in [-0.4, -0.2) is 40.9 Å². The minimum atomic E-state index is -0.415. The van der Waals surface area contributed by atoms with Crippen molar-refractivity contribution in [2.75, 3.05) is 13.1 Å². The normalized spacial score (nSPS) is 19.2. The van der Waals surface area contributed by atoms with Crippen LogP contribution in [-0.2, 0) is 4.74 Å². The van der Waals surface area contributed by atoms with Crippen LogP contribution in [0.4, 0.5) is 4.79 Å². The number of hydrogen-bond donors (Lipinski definition) is 1. The fraction of sp³-hybridized carbons (Fsp3) is 0.917. The zero-order chi connectivity index (χ0) is 12.3. The lowest BCUT2D eigenvalue weighted by Crippen LogP contribution is -2.51. The van der Waals surface area contributed by atoms with Crippen LogP contribution in [0.5, 0.6) is 0 Å². The number of ether oxygens (including phenoxy) is 1. The summed E-state index contributed by atoms with van der Waals surface area (Å²) in [7, 11) is 0. The number of hydrogen-bond acceptors (Lipinski definition) is 3. The van der Waals surface area contributed by atoms with Crippen molar-refractivity contribution in [3.8, 4) is 0 Å². The molecule has 0 radical (unpaired) electrons. The highest BCUT2D eigenvalue weighted by atomic mass is 16.6. The molecule has 1 saturated heterocycles. The van der Waals surface area contributed by atoms with Gasteiger partial charge in [-0.2, -0.15) is 0 Å². The second-order valence-corrected chi connectivity index (χ2v) is 5.68. The van der Waals surface area contributed by atoms with Gasteiger partial charge in [0, 0.05) is 13.1 Å². The van der Waals surface area contributed by atoms with Gasteiger partial charge in [-0.25, -0.2) is 4.79 Å². The number of aliphatic hydroxyl groups excluding tert-OH is 1. The zero-order valence-corrected chi connectivity index (χ0v) is 10.7. The van der Waals surface area contributed by atoms with Gasteiger partial charge in [0.15, 0.2) is 0 Å². The van der Waals surface area contributed by atoms with Gasteiger partial charge in [0.2, 0.25) is 0 Å².